The zero-order valence-corrected chi connectivity index (χ0v) is 20.5. The number of aryl methyl sites for hydroxylation is 2. The standard InChI is InChI=1S/C24H29N3O3S2/c1-5-30-23(28)20-17-10-6-7-11-18(17)32-21(20)26-24(29)25-15(3)19-14(2)16(4)31-22(19)27-12-8-9-13-27/h8-9,12-13,15H,5-7,10-11H2,1-4H3,(H2,25,26,29)/t15-/m1/s1. The van der Waals surface area contributed by atoms with Gasteiger partial charge in [-0.2, -0.15) is 0 Å². The molecule has 6 nitrogen and oxygen atoms in total. The molecule has 2 amide bonds. The average molecular weight is 472 g/mol. The minimum atomic E-state index is -0.352. The van der Waals surface area contributed by atoms with E-state index in [1.54, 1.807) is 18.3 Å². The molecule has 1 atom stereocenters. The molecule has 32 heavy (non-hydrogen) atoms. The number of anilines is 1. The first-order valence-corrected chi connectivity index (χ1v) is 12.7. The molecule has 0 bridgehead atoms. The van der Waals surface area contributed by atoms with Gasteiger partial charge in [0.15, 0.2) is 0 Å². The molecule has 0 spiro atoms. The second-order valence-corrected chi connectivity index (χ2v) is 10.4. The van der Waals surface area contributed by atoms with E-state index < -0.39 is 0 Å². The van der Waals surface area contributed by atoms with Crippen molar-refractivity contribution in [3.8, 4) is 5.00 Å². The van der Waals surface area contributed by atoms with Gasteiger partial charge in [0.2, 0.25) is 0 Å². The lowest BCUT2D eigenvalue weighted by Gasteiger charge is -2.17. The van der Waals surface area contributed by atoms with Gasteiger partial charge in [0.25, 0.3) is 0 Å². The summed E-state index contributed by atoms with van der Waals surface area (Å²) < 4.78 is 7.38. The van der Waals surface area contributed by atoms with Gasteiger partial charge in [-0.3, -0.25) is 5.32 Å². The summed E-state index contributed by atoms with van der Waals surface area (Å²) >= 11 is 3.22. The molecular weight excluding hydrogens is 442 g/mol. The summed E-state index contributed by atoms with van der Waals surface area (Å²) in [5, 5.41) is 7.72. The smallest absolute Gasteiger partial charge is 0.341 e. The van der Waals surface area contributed by atoms with Crippen LogP contribution in [-0.4, -0.2) is 23.2 Å². The van der Waals surface area contributed by atoms with Crippen molar-refractivity contribution in [1.82, 2.24) is 9.88 Å². The van der Waals surface area contributed by atoms with Crippen LogP contribution < -0.4 is 10.6 Å². The summed E-state index contributed by atoms with van der Waals surface area (Å²) in [5.41, 5.74) is 3.87. The molecule has 0 saturated heterocycles. The largest absolute Gasteiger partial charge is 0.462 e. The third kappa shape index (κ3) is 4.34. The van der Waals surface area contributed by atoms with Gasteiger partial charge < -0.3 is 14.6 Å². The SMILES string of the molecule is CCOC(=O)c1c(NC(=O)N[C@H](C)c2c(-n3cccc3)sc(C)c2C)sc2c1CCCC2. The molecule has 4 rings (SSSR count). The number of nitrogens with zero attached hydrogens (tertiary/aromatic N) is 1. The topological polar surface area (TPSA) is 72.4 Å². The van der Waals surface area contributed by atoms with Crippen LogP contribution >= 0.6 is 22.7 Å². The van der Waals surface area contributed by atoms with Crippen molar-refractivity contribution in [2.24, 2.45) is 0 Å². The van der Waals surface area contributed by atoms with E-state index in [0.717, 1.165) is 41.8 Å². The van der Waals surface area contributed by atoms with Gasteiger partial charge in [-0.15, -0.1) is 22.7 Å². The number of carbonyl (C=O) groups excluding carboxylic acids is 2. The van der Waals surface area contributed by atoms with E-state index in [1.807, 2.05) is 31.5 Å². The second kappa shape index (κ2) is 9.50. The zero-order chi connectivity index (χ0) is 22.8. The lowest BCUT2D eigenvalue weighted by atomic mass is 9.95. The molecule has 0 unspecified atom stereocenters. The first-order valence-electron chi connectivity index (χ1n) is 11.0. The van der Waals surface area contributed by atoms with Gasteiger partial charge in [0.05, 0.1) is 18.2 Å². The fourth-order valence-corrected chi connectivity index (χ4v) is 6.77. The maximum atomic E-state index is 13.0. The molecule has 0 saturated carbocycles. The molecule has 0 aliphatic heterocycles. The van der Waals surface area contributed by atoms with Gasteiger partial charge in [0, 0.05) is 27.7 Å². The van der Waals surface area contributed by atoms with Crippen LogP contribution in [0.25, 0.3) is 5.00 Å². The van der Waals surface area contributed by atoms with Gasteiger partial charge >= 0.3 is 12.0 Å². The molecule has 170 valence electrons. The average Bonchev–Trinajstić information content (AvgIpc) is 3.46. The van der Waals surface area contributed by atoms with E-state index in [0.29, 0.717) is 17.2 Å². The highest BCUT2D eigenvalue weighted by Gasteiger charge is 2.28. The van der Waals surface area contributed by atoms with Crippen LogP contribution in [0, 0.1) is 13.8 Å². The highest BCUT2D eigenvalue weighted by atomic mass is 32.1. The molecule has 8 heteroatoms. The Morgan fingerprint density at radius 2 is 1.88 bits per heavy atom. The lowest BCUT2D eigenvalue weighted by Crippen LogP contribution is -2.32. The van der Waals surface area contributed by atoms with Crippen molar-refractivity contribution in [2.45, 2.75) is 59.4 Å². The monoisotopic (exact) mass is 471 g/mol. The number of thiophene rings is 2. The Hall–Kier alpha value is -2.58. The molecule has 2 N–H and O–H groups in total. The van der Waals surface area contributed by atoms with Crippen molar-refractivity contribution >= 4 is 39.7 Å². The van der Waals surface area contributed by atoms with E-state index in [4.69, 9.17) is 4.74 Å². The molecule has 1 aliphatic rings. The Morgan fingerprint density at radius 1 is 1.16 bits per heavy atom. The Balaban J connectivity index is 1.57. The predicted molar refractivity (Wildman–Crippen MR) is 131 cm³/mol. The summed E-state index contributed by atoms with van der Waals surface area (Å²) in [6, 6.07) is 3.48. The highest BCUT2D eigenvalue weighted by Crippen LogP contribution is 2.39. The number of carbonyl (C=O) groups is 2. The maximum absolute atomic E-state index is 13.0. The van der Waals surface area contributed by atoms with Crippen LogP contribution in [0.15, 0.2) is 24.5 Å². The number of urea groups is 1. The van der Waals surface area contributed by atoms with Crippen LogP contribution in [0.3, 0.4) is 0 Å². The maximum Gasteiger partial charge on any atom is 0.341 e. The van der Waals surface area contributed by atoms with Crippen LogP contribution in [0.4, 0.5) is 9.80 Å². The van der Waals surface area contributed by atoms with Crippen LogP contribution in [0.1, 0.15) is 69.5 Å². The van der Waals surface area contributed by atoms with E-state index in [2.05, 4.69) is 29.0 Å². The number of rotatable bonds is 6. The number of esters is 1. The number of hydrogen-bond donors (Lipinski definition) is 2. The lowest BCUT2D eigenvalue weighted by molar-refractivity contribution is 0.0526. The minimum absolute atomic E-state index is 0.196. The third-order valence-electron chi connectivity index (χ3n) is 5.91. The normalized spacial score (nSPS) is 14.0. The minimum Gasteiger partial charge on any atom is -0.462 e. The van der Waals surface area contributed by atoms with Crippen molar-refractivity contribution in [1.29, 1.82) is 0 Å². The summed E-state index contributed by atoms with van der Waals surface area (Å²) in [5.74, 6) is -0.352. The van der Waals surface area contributed by atoms with E-state index in [-0.39, 0.29) is 18.0 Å². The highest BCUT2D eigenvalue weighted by molar-refractivity contribution is 7.17. The number of amides is 2. The van der Waals surface area contributed by atoms with E-state index >= 15 is 0 Å². The number of ether oxygens (including phenoxy) is 1. The van der Waals surface area contributed by atoms with Gasteiger partial charge in [-0.05, 0) is 76.6 Å². The molecule has 3 aromatic rings. The van der Waals surface area contributed by atoms with E-state index in [9.17, 15) is 9.59 Å². The Labute approximate surface area is 196 Å². The molecular formula is C24H29N3O3S2. The zero-order valence-electron chi connectivity index (χ0n) is 18.9. The number of fused-ring (bicyclic) bond motifs is 1. The summed E-state index contributed by atoms with van der Waals surface area (Å²) in [7, 11) is 0. The Bertz CT molecular complexity index is 1130. The number of nitrogens with one attached hydrogen (secondary N) is 2. The Morgan fingerprint density at radius 3 is 2.59 bits per heavy atom. The van der Waals surface area contributed by atoms with Crippen LogP contribution in [0.2, 0.25) is 0 Å². The first-order chi connectivity index (χ1) is 15.4. The molecule has 3 heterocycles. The van der Waals surface area contributed by atoms with Crippen LogP contribution in [-0.2, 0) is 17.6 Å². The Kier molecular flexibility index (Phi) is 6.71. The number of aromatic nitrogens is 1. The predicted octanol–water partition coefficient (Wildman–Crippen LogP) is 6.16. The summed E-state index contributed by atoms with van der Waals surface area (Å²) in [4.78, 5) is 28.1. The van der Waals surface area contributed by atoms with Crippen molar-refractivity contribution in [3.63, 3.8) is 0 Å². The quantitative estimate of drug-likeness (QED) is 0.423. The first kappa shape index (κ1) is 22.6. The fourth-order valence-electron chi connectivity index (χ4n) is 4.28. The van der Waals surface area contributed by atoms with Crippen LogP contribution in [0.5, 0.6) is 0 Å². The molecule has 0 radical (unpaired) electrons. The molecule has 1 aliphatic carbocycles. The van der Waals surface area contributed by atoms with Gasteiger partial charge in [-0.1, -0.05) is 0 Å². The van der Waals surface area contributed by atoms with Crippen molar-refractivity contribution < 1.29 is 14.3 Å². The number of hydrogen-bond acceptors (Lipinski definition) is 5. The third-order valence-corrected chi connectivity index (χ3v) is 8.35. The van der Waals surface area contributed by atoms with Crippen molar-refractivity contribution in [2.75, 3.05) is 11.9 Å². The van der Waals surface area contributed by atoms with Gasteiger partial charge in [-0.25, -0.2) is 9.59 Å². The van der Waals surface area contributed by atoms with Gasteiger partial charge in [0.1, 0.15) is 10.0 Å². The van der Waals surface area contributed by atoms with E-state index in [1.165, 1.54) is 26.7 Å². The fraction of sp³-hybridized carbons (Fsp3) is 0.417. The second-order valence-electron chi connectivity index (χ2n) is 8.05. The summed E-state index contributed by atoms with van der Waals surface area (Å²) in [6.45, 7) is 8.30. The molecule has 0 fully saturated rings. The van der Waals surface area contributed by atoms with Crippen molar-refractivity contribution in [3.05, 3.63) is 56.5 Å². The molecule has 0 aromatic carbocycles. The molecule has 3 aromatic heterocycles. The summed E-state index contributed by atoms with van der Waals surface area (Å²) in [6.07, 6.45) is 7.99.